The quantitative estimate of drug-likeness (QED) is 0.751. The molecular weight excluding hydrogens is 248 g/mol. The van der Waals surface area contributed by atoms with E-state index in [1.54, 1.807) is 13.1 Å². The lowest BCUT2D eigenvalue weighted by atomic mass is 9.95. The molecule has 0 unspecified atom stereocenters. The second-order valence-corrected chi connectivity index (χ2v) is 5.14. The highest BCUT2D eigenvalue weighted by atomic mass is 16.1. The monoisotopic (exact) mass is 270 g/mol. The van der Waals surface area contributed by atoms with Crippen LogP contribution in [0.5, 0.6) is 0 Å². The first-order valence-corrected chi connectivity index (χ1v) is 7.28. The molecule has 0 saturated heterocycles. The summed E-state index contributed by atoms with van der Waals surface area (Å²) in [4.78, 5) is 11.3. The summed E-state index contributed by atoms with van der Waals surface area (Å²) in [6.07, 6.45) is 6.77. The Morgan fingerprint density at radius 1 is 1.25 bits per heavy atom. The molecule has 0 fully saturated rings. The molecule has 1 heterocycles. The van der Waals surface area contributed by atoms with Gasteiger partial charge >= 0.3 is 0 Å². The SMILES string of the molecule is CCCc1c(CC)cccc1Cn1cc(C(C)=O)cn1. The zero-order valence-corrected chi connectivity index (χ0v) is 12.5. The van der Waals surface area contributed by atoms with E-state index >= 15 is 0 Å². The summed E-state index contributed by atoms with van der Waals surface area (Å²) < 4.78 is 1.85. The Morgan fingerprint density at radius 2 is 2.00 bits per heavy atom. The van der Waals surface area contributed by atoms with Gasteiger partial charge in [-0.1, -0.05) is 38.5 Å². The summed E-state index contributed by atoms with van der Waals surface area (Å²) in [5.74, 6) is 0.0624. The number of nitrogens with zero attached hydrogens (tertiary/aromatic N) is 2. The molecule has 0 aliphatic rings. The van der Waals surface area contributed by atoms with E-state index in [2.05, 4.69) is 37.1 Å². The van der Waals surface area contributed by atoms with Crippen LogP contribution in [0.1, 0.15) is 54.2 Å². The summed E-state index contributed by atoms with van der Waals surface area (Å²) >= 11 is 0. The molecule has 20 heavy (non-hydrogen) atoms. The molecule has 0 radical (unpaired) electrons. The number of benzene rings is 1. The number of carbonyl (C=O) groups is 1. The zero-order valence-electron chi connectivity index (χ0n) is 12.5. The Kier molecular flexibility index (Phi) is 4.72. The van der Waals surface area contributed by atoms with Crippen molar-refractivity contribution in [3.05, 3.63) is 52.8 Å². The van der Waals surface area contributed by atoms with E-state index in [-0.39, 0.29) is 5.78 Å². The van der Waals surface area contributed by atoms with E-state index in [1.807, 2.05) is 10.9 Å². The number of hydrogen-bond donors (Lipinski definition) is 0. The van der Waals surface area contributed by atoms with Crippen LogP contribution in [0.25, 0.3) is 0 Å². The summed E-state index contributed by atoms with van der Waals surface area (Å²) in [5, 5.41) is 4.29. The van der Waals surface area contributed by atoms with Gasteiger partial charge in [-0.25, -0.2) is 0 Å². The van der Waals surface area contributed by atoms with Gasteiger partial charge in [-0.05, 0) is 36.5 Å². The average Bonchev–Trinajstić information content (AvgIpc) is 2.89. The van der Waals surface area contributed by atoms with Gasteiger partial charge in [-0.15, -0.1) is 0 Å². The topological polar surface area (TPSA) is 34.9 Å². The van der Waals surface area contributed by atoms with Gasteiger partial charge in [0.2, 0.25) is 0 Å². The van der Waals surface area contributed by atoms with Crippen molar-refractivity contribution in [1.82, 2.24) is 9.78 Å². The van der Waals surface area contributed by atoms with Crippen LogP contribution < -0.4 is 0 Å². The first-order chi connectivity index (χ1) is 9.65. The lowest BCUT2D eigenvalue weighted by Gasteiger charge is -2.13. The van der Waals surface area contributed by atoms with Crippen LogP contribution in [0.4, 0.5) is 0 Å². The first-order valence-electron chi connectivity index (χ1n) is 7.28. The molecule has 0 saturated carbocycles. The van der Waals surface area contributed by atoms with Crippen molar-refractivity contribution < 1.29 is 4.79 Å². The van der Waals surface area contributed by atoms with Gasteiger partial charge in [-0.3, -0.25) is 9.48 Å². The van der Waals surface area contributed by atoms with E-state index in [0.717, 1.165) is 25.8 Å². The van der Waals surface area contributed by atoms with Crippen LogP contribution in [-0.2, 0) is 19.4 Å². The van der Waals surface area contributed by atoms with Crippen molar-refractivity contribution in [3.63, 3.8) is 0 Å². The number of Topliss-reactive ketones (excluding diaryl/α,β-unsaturated/α-hetero) is 1. The van der Waals surface area contributed by atoms with Gasteiger partial charge in [0.1, 0.15) is 0 Å². The van der Waals surface area contributed by atoms with Gasteiger partial charge in [-0.2, -0.15) is 5.10 Å². The molecule has 0 aliphatic heterocycles. The fourth-order valence-electron chi connectivity index (χ4n) is 2.54. The number of carbonyl (C=O) groups excluding carboxylic acids is 1. The van der Waals surface area contributed by atoms with Crippen LogP contribution in [0.3, 0.4) is 0 Å². The third-order valence-electron chi connectivity index (χ3n) is 3.62. The zero-order chi connectivity index (χ0) is 14.5. The van der Waals surface area contributed by atoms with E-state index in [0.29, 0.717) is 5.56 Å². The second-order valence-electron chi connectivity index (χ2n) is 5.14. The fourth-order valence-corrected chi connectivity index (χ4v) is 2.54. The molecule has 0 bridgehead atoms. The largest absolute Gasteiger partial charge is 0.294 e. The van der Waals surface area contributed by atoms with Crippen molar-refractivity contribution >= 4 is 5.78 Å². The van der Waals surface area contributed by atoms with Gasteiger partial charge in [0.25, 0.3) is 0 Å². The summed E-state index contributed by atoms with van der Waals surface area (Å²) in [5.41, 5.74) is 4.85. The molecular formula is C17H22N2O. The molecule has 2 rings (SSSR count). The standard InChI is InChI=1S/C17H22N2O/c1-4-7-17-14(5-2)8-6-9-15(17)11-19-12-16(10-18-19)13(3)20/h6,8-10,12H,4-5,7,11H2,1-3H3. The second kappa shape index (κ2) is 6.51. The van der Waals surface area contributed by atoms with Crippen molar-refractivity contribution in [2.24, 2.45) is 0 Å². The van der Waals surface area contributed by atoms with E-state index in [4.69, 9.17) is 0 Å². The molecule has 0 aliphatic carbocycles. The lowest BCUT2D eigenvalue weighted by molar-refractivity contribution is 0.101. The summed E-state index contributed by atoms with van der Waals surface area (Å²) in [6.45, 7) is 6.70. The molecule has 2 aromatic rings. The van der Waals surface area contributed by atoms with Crippen LogP contribution in [-0.4, -0.2) is 15.6 Å². The van der Waals surface area contributed by atoms with Crippen molar-refractivity contribution in [2.75, 3.05) is 0 Å². The molecule has 1 aromatic carbocycles. The smallest absolute Gasteiger partial charge is 0.162 e. The molecule has 106 valence electrons. The molecule has 0 spiro atoms. The highest BCUT2D eigenvalue weighted by Crippen LogP contribution is 2.19. The van der Waals surface area contributed by atoms with Crippen molar-refractivity contribution in [3.8, 4) is 0 Å². The third-order valence-corrected chi connectivity index (χ3v) is 3.62. The molecule has 3 nitrogen and oxygen atoms in total. The maximum absolute atomic E-state index is 11.3. The van der Waals surface area contributed by atoms with E-state index < -0.39 is 0 Å². The average molecular weight is 270 g/mol. The minimum Gasteiger partial charge on any atom is -0.294 e. The van der Waals surface area contributed by atoms with Crippen LogP contribution in [0.2, 0.25) is 0 Å². The minimum atomic E-state index is 0.0624. The van der Waals surface area contributed by atoms with E-state index in [1.165, 1.54) is 16.7 Å². The molecule has 0 N–H and O–H groups in total. The molecule has 1 aromatic heterocycles. The summed E-state index contributed by atoms with van der Waals surface area (Å²) in [6, 6.07) is 6.49. The Hall–Kier alpha value is -1.90. The number of ketones is 1. The predicted molar refractivity (Wildman–Crippen MR) is 81.1 cm³/mol. The van der Waals surface area contributed by atoms with Crippen LogP contribution in [0, 0.1) is 0 Å². The molecule has 3 heteroatoms. The van der Waals surface area contributed by atoms with Crippen molar-refractivity contribution in [1.29, 1.82) is 0 Å². The lowest BCUT2D eigenvalue weighted by Crippen LogP contribution is -2.06. The normalized spacial score (nSPS) is 10.8. The van der Waals surface area contributed by atoms with Gasteiger partial charge in [0, 0.05) is 6.20 Å². The fraction of sp³-hybridized carbons (Fsp3) is 0.412. The Morgan fingerprint density at radius 3 is 2.60 bits per heavy atom. The highest BCUT2D eigenvalue weighted by Gasteiger charge is 2.09. The maximum Gasteiger partial charge on any atom is 0.162 e. The van der Waals surface area contributed by atoms with Crippen LogP contribution >= 0.6 is 0 Å². The van der Waals surface area contributed by atoms with E-state index in [9.17, 15) is 4.79 Å². The number of aryl methyl sites for hydroxylation is 1. The van der Waals surface area contributed by atoms with Gasteiger partial charge in [0.15, 0.2) is 5.78 Å². The van der Waals surface area contributed by atoms with Crippen molar-refractivity contribution in [2.45, 2.75) is 46.6 Å². The third kappa shape index (κ3) is 3.16. The molecule has 0 atom stereocenters. The number of aromatic nitrogens is 2. The molecule has 0 amide bonds. The number of hydrogen-bond acceptors (Lipinski definition) is 2. The first kappa shape index (κ1) is 14.5. The maximum atomic E-state index is 11.3. The van der Waals surface area contributed by atoms with Gasteiger partial charge < -0.3 is 0 Å². The van der Waals surface area contributed by atoms with Gasteiger partial charge in [0.05, 0.1) is 18.3 Å². The highest BCUT2D eigenvalue weighted by molar-refractivity contribution is 5.93. The Balaban J connectivity index is 2.29. The van der Waals surface area contributed by atoms with Crippen LogP contribution in [0.15, 0.2) is 30.6 Å². The number of rotatable bonds is 6. The Labute approximate surface area is 120 Å². The predicted octanol–water partition coefficient (Wildman–Crippen LogP) is 3.65. The summed E-state index contributed by atoms with van der Waals surface area (Å²) in [7, 11) is 0. The minimum absolute atomic E-state index is 0.0624. The Bertz CT molecular complexity index is 599.